The maximum absolute atomic E-state index is 11.4. The third-order valence-corrected chi connectivity index (χ3v) is 2.81. The van der Waals surface area contributed by atoms with E-state index in [9.17, 15) is 4.79 Å². The van der Waals surface area contributed by atoms with Gasteiger partial charge in [-0.15, -0.1) is 0 Å². The summed E-state index contributed by atoms with van der Waals surface area (Å²) < 4.78 is 5.67. The first-order valence-electron chi connectivity index (χ1n) is 4.27. The molecule has 0 bridgehead atoms. The molecule has 1 aromatic carbocycles. The lowest BCUT2D eigenvalue weighted by Gasteiger charge is -2.03. The molecule has 0 radical (unpaired) electrons. The van der Waals surface area contributed by atoms with Crippen LogP contribution in [0.25, 0.3) is 0 Å². The van der Waals surface area contributed by atoms with E-state index in [1.165, 1.54) is 0 Å². The average Bonchev–Trinajstić information content (AvgIpc) is 2.18. The summed E-state index contributed by atoms with van der Waals surface area (Å²) >= 11 is 9.03. The summed E-state index contributed by atoms with van der Waals surface area (Å²) in [4.78, 5) is 11.4. The topological polar surface area (TPSA) is 26.3 Å². The van der Waals surface area contributed by atoms with Gasteiger partial charge in [0.15, 0.2) is 0 Å². The quantitative estimate of drug-likeness (QED) is 0.788. The van der Waals surface area contributed by atoms with Crippen molar-refractivity contribution in [3.8, 4) is 0 Å². The van der Waals surface area contributed by atoms with Gasteiger partial charge in [0.2, 0.25) is 0 Å². The Morgan fingerprint density at radius 1 is 1.57 bits per heavy atom. The Morgan fingerprint density at radius 3 is 2.86 bits per heavy atom. The number of benzene rings is 1. The number of ether oxygens (including phenoxy) is 1. The fraction of sp³-hybridized carbons (Fsp3) is 0.300. The molecule has 0 saturated carbocycles. The van der Waals surface area contributed by atoms with Crippen molar-refractivity contribution in [3.05, 3.63) is 33.3 Å². The van der Waals surface area contributed by atoms with E-state index >= 15 is 0 Å². The summed E-state index contributed by atoms with van der Waals surface area (Å²) in [5.74, 6) is -0.316. The Bertz CT molecular complexity index is 339. The number of halogens is 2. The maximum atomic E-state index is 11.4. The lowest BCUT2D eigenvalue weighted by molar-refractivity contribution is 0.0505. The number of esters is 1. The van der Waals surface area contributed by atoms with Crippen molar-refractivity contribution >= 4 is 33.5 Å². The van der Waals surface area contributed by atoms with E-state index in [0.29, 0.717) is 21.7 Å². The van der Waals surface area contributed by atoms with E-state index < -0.39 is 0 Å². The van der Waals surface area contributed by atoms with Crippen LogP contribution in [-0.2, 0) is 4.74 Å². The van der Waals surface area contributed by atoms with E-state index in [4.69, 9.17) is 16.3 Å². The van der Waals surface area contributed by atoms with Crippen LogP contribution in [0.3, 0.4) is 0 Å². The molecule has 4 heteroatoms. The molecule has 0 atom stereocenters. The van der Waals surface area contributed by atoms with Crippen LogP contribution in [0, 0.1) is 0 Å². The maximum Gasteiger partial charge on any atom is 0.338 e. The van der Waals surface area contributed by atoms with Gasteiger partial charge in [-0.05, 0) is 40.5 Å². The smallest absolute Gasteiger partial charge is 0.338 e. The van der Waals surface area contributed by atoms with Crippen LogP contribution in [0.2, 0.25) is 5.02 Å². The highest BCUT2D eigenvalue weighted by Gasteiger charge is 2.08. The van der Waals surface area contributed by atoms with Crippen LogP contribution in [0.4, 0.5) is 0 Å². The molecule has 2 nitrogen and oxygen atoms in total. The fourth-order valence-corrected chi connectivity index (χ4v) is 1.40. The van der Waals surface area contributed by atoms with Crippen molar-refractivity contribution in [2.24, 2.45) is 0 Å². The Labute approximate surface area is 96.3 Å². The number of carbonyl (C=O) groups is 1. The van der Waals surface area contributed by atoms with Crippen LogP contribution in [0.1, 0.15) is 23.7 Å². The van der Waals surface area contributed by atoms with E-state index in [-0.39, 0.29) is 5.97 Å². The predicted molar refractivity (Wildman–Crippen MR) is 59.7 cm³/mol. The lowest BCUT2D eigenvalue weighted by atomic mass is 10.2. The van der Waals surface area contributed by atoms with Crippen molar-refractivity contribution in [3.63, 3.8) is 0 Å². The van der Waals surface area contributed by atoms with Crippen LogP contribution in [0.5, 0.6) is 0 Å². The Kier molecular flexibility index (Phi) is 4.42. The predicted octanol–water partition coefficient (Wildman–Crippen LogP) is 3.67. The third-order valence-electron chi connectivity index (χ3n) is 1.59. The molecule has 76 valence electrons. The third kappa shape index (κ3) is 3.00. The molecule has 0 spiro atoms. The molecule has 0 aliphatic carbocycles. The minimum atomic E-state index is -0.316. The van der Waals surface area contributed by atoms with Crippen molar-refractivity contribution in [2.75, 3.05) is 6.61 Å². The van der Waals surface area contributed by atoms with Gasteiger partial charge in [0.25, 0.3) is 0 Å². The summed E-state index contributed by atoms with van der Waals surface area (Å²) in [5, 5.41) is 0.581. The second-order valence-corrected chi connectivity index (χ2v) is 4.03. The van der Waals surface area contributed by atoms with Gasteiger partial charge in [-0.3, -0.25) is 0 Å². The normalized spacial score (nSPS) is 9.93. The molecule has 0 aromatic heterocycles. The Balaban J connectivity index is 2.76. The van der Waals surface area contributed by atoms with Crippen molar-refractivity contribution in [2.45, 2.75) is 13.3 Å². The molecule has 0 fully saturated rings. The van der Waals surface area contributed by atoms with Crippen LogP contribution >= 0.6 is 27.5 Å². The Morgan fingerprint density at radius 2 is 2.29 bits per heavy atom. The number of carbonyl (C=O) groups excluding carboxylic acids is 1. The van der Waals surface area contributed by atoms with Gasteiger partial charge in [-0.25, -0.2) is 4.79 Å². The molecule has 0 heterocycles. The molecule has 1 aromatic rings. The first-order chi connectivity index (χ1) is 6.65. The van der Waals surface area contributed by atoms with Gasteiger partial charge in [0.05, 0.1) is 17.2 Å². The summed E-state index contributed by atoms with van der Waals surface area (Å²) in [6.07, 6.45) is 0.820. The molecule has 1 rings (SSSR count). The number of hydrogen-bond acceptors (Lipinski definition) is 2. The molecule has 0 aliphatic rings. The highest BCUT2D eigenvalue weighted by Crippen LogP contribution is 2.23. The first kappa shape index (κ1) is 11.5. The van der Waals surface area contributed by atoms with Crippen molar-refractivity contribution in [1.29, 1.82) is 0 Å². The van der Waals surface area contributed by atoms with Crippen LogP contribution in [-0.4, -0.2) is 12.6 Å². The second kappa shape index (κ2) is 5.37. The number of rotatable bonds is 3. The van der Waals surface area contributed by atoms with E-state index in [0.717, 1.165) is 6.42 Å². The first-order valence-corrected chi connectivity index (χ1v) is 5.44. The van der Waals surface area contributed by atoms with E-state index in [1.807, 2.05) is 6.92 Å². The van der Waals surface area contributed by atoms with Gasteiger partial charge in [-0.2, -0.15) is 0 Å². The second-order valence-electron chi connectivity index (χ2n) is 2.76. The van der Waals surface area contributed by atoms with Crippen molar-refractivity contribution < 1.29 is 9.53 Å². The zero-order chi connectivity index (χ0) is 10.6. The highest BCUT2D eigenvalue weighted by atomic mass is 79.9. The molecule has 14 heavy (non-hydrogen) atoms. The lowest BCUT2D eigenvalue weighted by Crippen LogP contribution is -2.05. The molecule has 0 N–H and O–H groups in total. The van der Waals surface area contributed by atoms with Crippen molar-refractivity contribution in [1.82, 2.24) is 0 Å². The van der Waals surface area contributed by atoms with Gasteiger partial charge >= 0.3 is 5.97 Å². The Hall–Kier alpha value is -0.540. The fourth-order valence-electron chi connectivity index (χ4n) is 0.901. The van der Waals surface area contributed by atoms with Crippen LogP contribution in [0.15, 0.2) is 22.7 Å². The van der Waals surface area contributed by atoms with Gasteiger partial charge < -0.3 is 4.74 Å². The summed E-state index contributed by atoms with van der Waals surface area (Å²) in [7, 11) is 0. The average molecular weight is 278 g/mol. The van der Waals surface area contributed by atoms with Gasteiger partial charge in [0.1, 0.15) is 0 Å². The molecular formula is C10H10BrClO2. The summed E-state index contributed by atoms with van der Waals surface area (Å²) in [6.45, 7) is 2.39. The summed E-state index contributed by atoms with van der Waals surface area (Å²) in [6, 6.07) is 4.96. The highest BCUT2D eigenvalue weighted by molar-refractivity contribution is 9.10. The largest absolute Gasteiger partial charge is 0.462 e. The minimum Gasteiger partial charge on any atom is -0.462 e. The molecular weight excluding hydrogens is 267 g/mol. The van der Waals surface area contributed by atoms with E-state index in [2.05, 4.69) is 15.9 Å². The summed E-state index contributed by atoms with van der Waals surface area (Å²) in [5.41, 5.74) is 0.509. The molecule has 0 amide bonds. The van der Waals surface area contributed by atoms with E-state index in [1.54, 1.807) is 18.2 Å². The zero-order valence-corrected chi connectivity index (χ0v) is 10.1. The minimum absolute atomic E-state index is 0.316. The SMILES string of the molecule is CCCOC(=O)c1ccc(Cl)c(Br)c1. The molecule has 0 saturated heterocycles. The van der Waals surface area contributed by atoms with Gasteiger partial charge in [0, 0.05) is 4.47 Å². The van der Waals surface area contributed by atoms with Crippen LogP contribution < -0.4 is 0 Å². The van der Waals surface area contributed by atoms with Gasteiger partial charge in [-0.1, -0.05) is 18.5 Å². The monoisotopic (exact) mass is 276 g/mol. The number of hydrogen-bond donors (Lipinski definition) is 0. The molecule has 0 unspecified atom stereocenters. The zero-order valence-electron chi connectivity index (χ0n) is 7.72. The standard InChI is InChI=1S/C10H10BrClO2/c1-2-5-14-10(13)7-3-4-9(12)8(11)6-7/h3-4,6H,2,5H2,1H3. The molecule has 0 aliphatic heterocycles.